The van der Waals surface area contributed by atoms with Crippen molar-refractivity contribution >= 4 is 0 Å². The molecule has 3 aliphatic rings. The Morgan fingerprint density at radius 2 is 1.65 bits per heavy atom. The molecule has 2 aliphatic carbocycles. The number of hydrogen-bond acceptors (Lipinski definition) is 3. The lowest BCUT2D eigenvalue weighted by atomic mass is 9.93. The Morgan fingerprint density at radius 1 is 0.962 bits per heavy atom. The summed E-state index contributed by atoms with van der Waals surface area (Å²) in [5.74, 6) is 1.18. The maximum absolute atomic E-state index is 4.54. The van der Waals surface area contributed by atoms with Crippen molar-refractivity contribution in [1.29, 1.82) is 0 Å². The smallest absolute Gasteiger partial charge is 0.209 e. The second kappa shape index (κ2) is 8.79. The summed E-state index contributed by atoms with van der Waals surface area (Å²) in [6.45, 7) is 7.55. The SMILES string of the molecule is CCC[C@H](c1nnnn1C1CCCC1)[NH+]1CC[NH+](C2CCCCC2)CC1. The Bertz CT molecular complexity index is 538. The van der Waals surface area contributed by atoms with E-state index < -0.39 is 0 Å². The standard InChI is InChI=1S/C20H36N6/c1-2-8-19(20-21-22-23-26(20)18-11-6-7-12-18)25-15-13-24(14-16-25)17-9-4-3-5-10-17/h17-19H,2-16H2,1H3/p+2/t19-/m1/s1. The molecule has 26 heavy (non-hydrogen) atoms. The molecular weight excluding hydrogens is 324 g/mol. The quantitative estimate of drug-likeness (QED) is 0.785. The van der Waals surface area contributed by atoms with Crippen molar-refractivity contribution in [2.24, 2.45) is 0 Å². The van der Waals surface area contributed by atoms with Crippen LogP contribution in [0.1, 0.15) is 95.5 Å². The van der Waals surface area contributed by atoms with Gasteiger partial charge in [0, 0.05) is 6.42 Å². The van der Waals surface area contributed by atoms with Crippen LogP contribution in [-0.4, -0.2) is 52.4 Å². The highest BCUT2D eigenvalue weighted by Gasteiger charge is 2.37. The summed E-state index contributed by atoms with van der Waals surface area (Å²) in [5.41, 5.74) is 0. The average Bonchev–Trinajstić information content (AvgIpc) is 3.38. The van der Waals surface area contributed by atoms with Crippen molar-refractivity contribution in [3.63, 3.8) is 0 Å². The molecule has 0 unspecified atom stereocenters. The van der Waals surface area contributed by atoms with Crippen molar-refractivity contribution in [1.82, 2.24) is 20.2 Å². The van der Waals surface area contributed by atoms with Crippen LogP contribution in [0.5, 0.6) is 0 Å². The van der Waals surface area contributed by atoms with Crippen LogP contribution in [0, 0.1) is 0 Å². The molecular formula is C20H38N6+2. The van der Waals surface area contributed by atoms with Gasteiger partial charge in [-0.25, -0.2) is 4.68 Å². The summed E-state index contributed by atoms with van der Waals surface area (Å²) in [6.07, 6.45) is 14.9. The first-order valence-corrected chi connectivity index (χ1v) is 11.3. The van der Waals surface area contributed by atoms with Gasteiger partial charge in [0.05, 0.1) is 12.1 Å². The van der Waals surface area contributed by atoms with E-state index in [1.807, 2.05) is 4.90 Å². The molecule has 0 aromatic carbocycles. The molecule has 146 valence electrons. The van der Waals surface area contributed by atoms with E-state index in [1.165, 1.54) is 103 Å². The molecule has 6 heteroatoms. The molecule has 1 saturated heterocycles. The Balaban J connectivity index is 1.42. The van der Waals surface area contributed by atoms with E-state index in [1.54, 1.807) is 4.90 Å². The summed E-state index contributed by atoms with van der Waals surface area (Å²) in [6, 6.07) is 1.98. The van der Waals surface area contributed by atoms with E-state index >= 15 is 0 Å². The molecule has 2 N–H and O–H groups in total. The first-order valence-electron chi connectivity index (χ1n) is 11.3. The van der Waals surface area contributed by atoms with Crippen LogP contribution in [0.25, 0.3) is 0 Å². The number of tetrazole rings is 1. The lowest BCUT2D eigenvalue weighted by Gasteiger charge is -2.38. The van der Waals surface area contributed by atoms with Gasteiger partial charge in [0.15, 0.2) is 0 Å². The van der Waals surface area contributed by atoms with E-state index in [0.29, 0.717) is 12.1 Å². The zero-order valence-electron chi connectivity index (χ0n) is 16.6. The van der Waals surface area contributed by atoms with Gasteiger partial charge in [0.2, 0.25) is 5.82 Å². The van der Waals surface area contributed by atoms with Crippen LogP contribution < -0.4 is 9.80 Å². The zero-order chi connectivity index (χ0) is 17.8. The van der Waals surface area contributed by atoms with E-state index in [9.17, 15) is 0 Å². The topological polar surface area (TPSA) is 52.5 Å². The van der Waals surface area contributed by atoms with Gasteiger partial charge in [-0.2, -0.15) is 0 Å². The normalized spacial score (nSPS) is 29.9. The second-order valence-corrected chi connectivity index (χ2v) is 8.91. The lowest BCUT2D eigenvalue weighted by molar-refractivity contribution is -1.04. The molecule has 0 amide bonds. The number of quaternary nitrogens is 2. The molecule has 1 aromatic heterocycles. The van der Waals surface area contributed by atoms with Crippen molar-refractivity contribution in [3.8, 4) is 0 Å². The van der Waals surface area contributed by atoms with E-state index in [-0.39, 0.29) is 0 Å². The number of rotatable bonds is 6. The van der Waals surface area contributed by atoms with Gasteiger partial charge in [0.1, 0.15) is 32.2 Å². The minimum atomic E-state index is 0.489. The van der Waals surface area contributed by atoms with Crippen molar-refractivity contribution in [3.05, 3.63) is 5.82 Å². The molecule has 4 rings (SSSR count). The summed E-state index contributed by atoms with van der Waals surface area (Å²) in [5, 5.41) is 13.1. The van der Waals surface area contributed by atoms with Crippen LogP contribution in [0.15, 0.2) is 0 Å². The Kier molecular flexibility index (Phi) is 6.20. The molecule has 0 bridgehead atoms. The van der Waals surface area contributed by atoms with E-state index in [4.69, 9.17) is 0 Å². The van der Waals surface area contributed by atoms with Gasteiger partial charge in [-0.05, 0) is 49.0 Å². The molecule has 3 fully saturated rings. The van der Waals surface area contributed by atoms with E-state index in [0.717, 1.165) is 6.04 Å². The van der Waals surface area contributed by atoms with Crippen LogP contribution in [0.3, 0.4) is 0 Å². The van der Waals surface area contributed by atoms with Crippen molar-refractivity contribution in [2.75, 3.05) is 26.2 Å². The Morgan fingerprint density at radius 3 is 2.35 bits per heavy atom. The zero-order valence-corrected chi connectivity index (χ0v) is 16.6. The van der Waals surface area contributed by atoms with Gasteiger partial charge in [-0.15, -0.1) is 5.10 Å². The number of hydrogen-bond donors (Lipinski definition) is 2. The van der Waals surface area contributed by atoms with Gasteiger partial charge < -0.3 is 9.80 Å². The molecule has 2 heterocycles. The fourth-order valence-electron chi connectivity index (χ4n) is 5.80. The third-order valence-corrected chi connectivity index (χ3v) is 7.29. The Labute approximate surface area is 158 Å². The fraction of sp³-hybridized carbons (Fsp3) is 0.950. The number of piperazine rings is 1. The van der Waals surface area contributed by atoms with Crippen LogP contribution in [0.4, 0.5) is 0 Å². The van der Waals surface area contributed by atoms with Crippen molar-refractivity contribution < 1.29 is 9.80 Å². The summed E-state index contributed by atoms with van der Waals surface area (Å²) in [7, 11) is 0. The third-order valence-electron chi connectivity index (χ3n) is 7.29. The molecule has 1 aliphatic heterocycles. The number of nitrogens with zero attached hydrogens (tertiary/aromatic N) is 4. The van der Waals surface area contributed by atoms with Gasteiger partial charge in [-0.3, -0.25) is 0 Å². The Hall–Kier alpha value is -1.01. The molecule has 0 radical (unpaired) electrons. The average molecular weight is 363 g/mol. The first kappa shape index (κ1) is 18.4. The van der Waals surface area contributed by atoms with Crippen molar-refractivity contribution in [2.45, 2.75) is 95.7 Å². The lowest BCUT2D eigenvalue weighted by Crippen LogP contribution is -3.29. The second-order valence-electron chi connectivity index (χ2n) is 8.91. The minimum Gasteiger partial charge on any atom is -0.323 e. The van der Waals surface area contributed by atoms with Gasteiger partial charge in [0.25, 0.3) is 0 Å². The summed E-state index contributed by atoms with van der Waals surface area (Å²) >= 11 is 0. The predicted molar refractivity (Wildman–Crippen MR) is 101 cm³/mol. The van der Waals surface area contributed by atoms with Crippen LogP contribution in [-0.2, 0) is 0 Å². The van der Waals surface area contributed by atoms with Gasteiger partial charge in [-0.1, -0.05) is 32.6 Å². The van der Waals surface area contributed by atoms with Gasteiger partial charge >= 0.3 is 0 Å². The monoisotopic (exact) mass is 362 g/mol. The highest BCUT2D eigenvalue weighted by Crippen LogP contribution is 2.30. The number of aromatic nitrogens is 4. The molecule has 1 aromatic rings. The molecule has 0 spiro atoms. The largest absolute Gasteiger partial charge is 0.323 e. The predicted octanol–water partition coefficient (Wildman–Crippen LogP) is 0.746. The van der Waals surface area contributed by atoms with Crippen LogP contribution >= 0.6 is 0 Å². The highest BCUT2D eigenvalue weighted by atomic mass is 15.6. The molecule has 6 nitrogen and oxygen atoms in total. The number of nitrogens with one attached hydrogen (secondary N) is 2. The highest BCUT2D eigenvalue weighted by molar-refractivity contribution is 4.91. The fourth-order valence-corrected chi connectivity index (χ4v) is 5.80. The maximum Gasteiger partial charge on any atom is 0.209 e. The maximum atomic E-state index is 4.54. The summed E-state index contributed by atoms with van der Waals surface area (Å²) in [4.78, 5) is 3.62. The minimum absolute atomic E-state index is 0.489. The molecule has 1 atom stereocenters. The summed E-state index contributed by atoms with van der Waals surface area (Å²) < 4.78 is 2.21. The molecule has 2 saturated carbocycles. The van der Waals surface area contributed by atoms with E-state index in [2.05, 4.69) is 27.1 Å². The first-order chi connectivity index (χ1) is 12.9. The third kappa shape index (κ3) is 3.96. The van der Waals surface area contributed by atoms with Crippen LogP contribution in [0.2, 0.25) is 0 Å².